The summed E-state index contributed by atoms with van der Waals surface area (Å²) in [5.74, 6) is -0.0128. The minimum atomic E-state index is -3.61. The van der Waals surface area contributed by atoms with E-state index in [0.29, 0.717) is 37.7 Å². The molecule has 0 radical (unpaired) electrons. The molecule has 8 heteroatoms. The summed E-state index contributed by atoms with van der Waals surface area (Å²) in [6.07, 6.45) is 0. The lowest BCUT2D eigenvalue weighted by Gasteiger charge is -2.20. The molecule has 0 aliphatic rings. The van der Waals surface area contributed by atoms with Gasteiger partial charge < -0.3 is 15.4 Å². The Balaban J connectivity index is 3.23. The van der Waals surface area contributed by atoms with E-state index < -0.39 is 10.0 Å². The number of sulfonamides is 1. The molecule has 0 bridgehead atoms. The number of ether oxygens (including phenoxy) is 1. The average molecular weight is 372 g/mol. The lowest BCUT2D eigenvalue weighted by Crippen LogP contribution is -2.31. The van der Waals surface area contributed by atoms with Crippen molar-refractivity contribution in [3.8, 4) is 5.75 Å². The van der Waals surface area contributed by atoms with E-state index in [-0.39, 0.29) is 16.7 Å². The van der Waals surface area contributed by atoms with Gasteiger partial charge in [0, 0.05) is 25.6 Å². The SMILES string of the molecule is CCOc1ccc(S(=O)(=O)N(CC)CC)cc1NC(=O)C(C)CNC. The number of hydrogen-bond acceptors (Lipinski definition) is 5. The van der Waals surface area contributed by atoms with Crippen molar-refractivity contribution in [3.05, 3.63) is 18.2 Å². The second-order valence-corrected chi connectivity index (χ2v) is 7.57. The zero-order valence-electron chi connectivity index (χ0n) is 15.6. The Morgan fingerprint density at radius 3 is 2.40 bits per heavy atom. The van der Waals surface area contributed by atoms with E-state index in [1.165, 1.54) is 16.4 Å². The summed E-state index contributed by atoms with van der Waals surface area (Å²) in [7, 11) is -1.84. The van der Waals surface area contributed by atoms with Crippen LogP contribution in [0.3, 0.4) is 0 Å². The molecule has 0 spiro atoms. The van der Waals surface area contributed by atoms with Crippen LogP contribution in [0.15, 0.2) is 23.1 Å². The van der Waals surface area contributed by atoms with Crippen LogP contribution in [-0.4, -0.2) is 51.9 Å². The first kappa shape index (κ1) is 21.4. The fraction of sp³-hybridized carbons (Fsp3) is 0.588. The fourth-order valence-electron chi connectivity index (χ4n) is 2.42. The van der Waals surface area contributed by atoms with E-state index in [1.54, 1.807) is 33.9 Å². The van der Waals surface area contributed by atoms with Gasteiger partial charge in [-0.1, -0.05) is 20.8 Å². The standard InChI is InChI=1S/C17H29N3O4S/c1-6-20(7-2)25(22,23)14-9-10-16(24-8-3)15(11-14)19-17(21)13(4)12-18-5/h9-11,13,18H,6-8,12H2,1-5H3,(H,19,21). The van der Waals surface area contributed by atoms with Crippen LogP contribution in [0.4, 0.5) is 5.69 Å². The van der Waals surface area contributed by atoms with Gasteiger partial charge in [-0.05, 0) is 32.2 Å². The molecular weight excluding hydrogens is 342 g/mol. The smallest absolute Gasteiger partial charge is 0.243 e. The highest BCUT2D eigenvalue weighted by atomic mass is 32.2. The monoisotopic (exact) mass is 371 g/mol. The van der Waals surface area contributed by atoms with E-state index in [4.69, 9.17) is 4.74 Å². The van der Waals surface area contributed by atoms with Gasteiger partial charge in [-0.3, -0.25) is 4.79 Å². The maximum absolute atomic E-state index is 12.7. The van der Waals surface area contributed by atoms with Gasteiger partial charge in [0.05, 0.1) is 17.2 Å². The summed E-state index contributed by atoms with van der Waals surface area (Å²) >= 11 is 0. The van der Waals surface area contributed by atoms with Crippen molar-refractivity contribution in [1.29, 1.82) is 0 Å². The molecule has 0 aromatic heterocycles. The molecule has 1 atom stereocenters. The molecular formula is C17H29N3O4S. The Morgan fingerprint density at radius 2 is 1.88 bits per heavy atom. The molecule has 0 heterocycles. The van der Waals surface area contributed by atoms with E-state index in [0.717, 1.165) is 0 Å². The third kappa shape index (κ3) is 5.42. The third-order valence-electron chi connectivity index (χ3n) is 3.81. The molecule has 1 aromatic rings. The molecule has 0 aliphatic carbocycles. The van der Waals surface area contributed by atoms with E-state index in [1.807, 2.05) is 6.92 Å². The van der Waals surface area contributed by atoms with Crippen LogP contribution in [0.1, 0.15) is 27.7 Å². The Morgan fingerprint density at radius 1 is 1.24 bits per heavy atom. The molecule has 1 unspecified atom stereocenters. The highest BCUT2D eigenvalue weighted by Crippen LogP contribution is 2.29. The van der Waals surface area contributed by atoms with Crippen molar-refractivity contribution in [2.75, 3.05) is 38.6 Å². The molecule has 142 valence electrons. The predicted octanol–water partition coefficient (Wildman–Crippen LogP) is 1.91. The molecule has 0 aliphatic heterocycles. The number of benzene rings is 1. The largest absolute Gasteiger partial charge is 0.492 e. The number of anilines is 1. The van der Waals surface area contributed by atoms with Crippen molar-refractivity contribution in [3.63, 3.8) is 0 Å². The van der Waals surface area contributed by atoms with Gasteiger partial charge in [0.15, 0.2) is 0 Å². The maximum Gasteiger partial charge on any atom is 0.243 e. The summed E-state index contributed by atoms with van der Waals surface area (Å²) in [5.41, 5.74) is 0.364. The Labute approximate surface area is 150 Å². The molecule has 25 heavy (non-hydrogen) atoms. The van der Waals surface area contributed by atoms with Crippen LogP contribution in [-0.2, 0) is 14.8 Å². The Hall–Kier alpha value is -1.64. The van der Waals surface area contributed by atoms with E-state index in [9.17, 15) is 13.2 Å². The highest BCUT2D eigenvalue weighted by Gasteiger charge is 2.24. The van der Waals surface area contributed by atoms with Gasteiger partial charge in [-0.25, -0.2) is 8.42 Å². The summed E-state index contributed by atoms with van der Waals surface area (Å²) in [5, 5.41) is 5.73. The zero-order valence-corrected chi connectivity index (χ0v) is 16.4. The topological polar surface area (TPSA) is 87.7 Å². The normalized spacial score (nSPS) is 12.9. The first-order chi connectivity index (χ1) is 11.8. The van der Waals surface area contributed by atoms with Crippen LogP contribution in [0.25, 0.3) is 0 Å². The van der Waals surface area contributed by atoms with Crippen LogP contribution in [0.2, 0.25) is 0 Å². The third-order valence-corrected chi connectivity index (χ3v) is 5.86. The first-order valence-corrected chi connectivity index (χ1v) is 9.98. The van der Waals surface area contributed by atoms with Crippen LogP contribution < -0.4 is 15.4 Å². The van der Waals surface area contributed by atoms with Gasteiger partial charge in [0.25, 0.3) is 0 Å². The van der Waals surface area contributed by atoms with E-state index in [2.05, 4.69) is 10.6 Å². The van der Waals surface area contributed by atoms with Crippen molar-refractivity contribution >= 4 is 21.6 Å². The van der Waals surface area contributed by atoms with Gasteiger partial charge in [0.2, 0.25) is 15.9 Å². The van der Waals surface area contributed by atoms with Gasteiger partial charge in [-0.15, -0.1) is 0 Å². The molecule has 1 rings (SSSR count). The lowest BCUT2D eigenvalue weighted by molar-refractivity contribution is -0.119. The molecule has 0 saturated carbocycles. The molecule has 0 fully saturated rings. The number of amides is 1. The number of nitrogens with one attached hydrogen (secondary N) is 2. The van der Waals surface area contributed by atoms with Crippen molar-refractivity contribution < 1.29 is 17.9 Å². The molecule has 7 nitrogen and oxygen atoms in total. The Bertz CT molecular complexity index is 672. The molecule has 0 saturated heterocycles. The second kappa shape index (κ2) is 9.74. The maximum atomic E-state index is 12.7. The number of hydrogen-bond donors (Lipinski definition) is 2. The number of rotatable bonds is 10. The van der Waals surface area contributed by atoms with Crippen LogP contribution >= 0.6 is 0 Å². The zero-order chi connectivity index (χ0) is 19.0. The summed E-state index contributed by atoms with van der Waals surface area (Å²) in [4.78, 5) is 12.4. The summed E-state index contributed by atoms with van der Waals surface area (Å²) < 4.78 is 32.3. The highest BCUT2D eigenvalue weighted by molar-refractivity contribution is 7.89. The fourth-order valence-corrected chi connectivity index (χ4v) is 3.90. The van der Waals surface area contributed by atoms with Gasteiger partial charge in [0.1, 0.15) is 5.75 Å². The number of carbonyl (C=O) groups is 1. The second-order valence-electron chi connectivity index (χ2n) is 5.63. The quantitative estimate of drug-likeness (QED) is 0.656. The van der Waals surface area contributed by atoms with Crippen molar-refractivity contribution in [2.24, 2.45) is 5.92 Å². The summed E-state index contributed by atoms with van der Waals surface area (Å²) in [6, 6.07) is 4.55. The van der Waals surface area contributed by atoms with Crippen LogP contribution in [0, 0.1) is 5.92 Å². The van der Waals surface area contributed by atoms with Gasteiger partial charge in [-0.2, -0.15) is 4.31 Å². The molecule has 2 N–H and O–H groups in total. The van der Waals surface area contributed by atoms with Crippen LogP contribution in [0.5, 0.6) is 5.75 Å². The van der Waals surface area contributed by atoms with E-state index >= 15 is 0 Å². The Kier molecular flexibility index (Phi) is 8.34. The molecule has 1 aromatic carbocycles. The molecule has 1 amide bonds. The minimum absolute atomic E-state index is 0.135. The first-order valence-electron chi connectivity index (χ1n) is 8.54. The average Bonchev–Trinajstić information content (AvgIpc) is 2.57. The number of carbonyl (C=O) groups excluding carboxylic acids is 1. The number of nitrogens with zero attached hydrogens (tertiary/aromatic N) is 1. The summed E-state index contributed by atoms with van der Waals surface area (Å²) in [6.45, 7) is 8.90. The van der Waals surface area contributed by atoms with Gasteiger partial charge >= 0.3 is 0 Å². The minimum Gasteiger partial charge on any atom is -0.492 e. The van der Waals surface area contributed by atoms with Crippen molar-refractivity contribution in [2.45, 2.75) is 32.6 Å². The lowest BCUT2D eigenvalue weighted by atomic mass is 10.1. The van der Waals surface area contributed by atoms with Crippen molar-refractivity contribution in [1.82, 2.24) is 9.62 Å². The predicted molar refractivity (Wildman–Crippen MR) is 99.4 cm³/mol.